The van der Waals surface area contributed by atoms with Crippen molar-refractivity contribution in [1.82, 2.24) is 10.2 Å². The number of rotatable bonds is 5. The minimum atomic E-state index is 0.547. The van der Waals surface area contributed by atoms with Crippen molar-refractivity contribution >= 4 is 11.6 Å². The van der Waals surface area contributed by atoms with Crippen molar-refractivity contribution in [2.45, 2.75) is 69.9 Å². The minimum absolute atomic E-state index is 0.547. The van der Waals surface area contributed by atoms with E-state index in [0.717, 1.165) is 10.9 Å². The van der Waals surface area contributed by atoms with E-state index in [2.05, 4.69) is 35.5 Å². The molecule has 1 saturated carbocycles. The van der Waals surface area contributed by atoms with Crippen molar-refractivity contribution in [2.75, 3.05) is 20.1 Å². The van der Waals surface area contributed by atoms with Crippen LogP contribution in [0.15, 0.2) is 24.3 Å². The maximum absolute atomic E-state index is 6.33. The van der Waals surface area contributed by atoms with Gasteiger partial charge in [-0.05, 0) is 75.2 Å². The predicted molar refractivity (Wildman–Crippen MR) is 104 cm³/mol. The maximum Gasteiger partial charge on any atom is 0.0594 e. The Morgan fingerprint density at radius 3 is 2.54 bits per heavy atom. The predicted octanol–water partition coefficient (Wildman–Crippen LogP) is 5.43. The highest BCUT2D eigenvalue weighted by Crippen LogP contribution is 2.37. The lowest BCUT2D eigenvalue weighted by molar-refractivity contribution is 0.107. The van der Waals surface area contributed by atoms with Gasteiger partial charge in [0.2, 0.25) is 0 Å². The summed E-state index contributed by atoms with van der Waals surface area (Å²) in [5.41, 5.74) is 1.45. The van der Waals surface area contributed by atoms with E-state index in [9.17, 15) is 0 Å². The Kier molecular flexibility index (Phi) is 7.00. The number of hydrogen-bond donors (Lipinski definition) is 1. The Hall–Kier alpha value is -0.570. The largest absolute Gasteiger partial charge is 0.305 e. The van der Waals surface area contributed by atoms with Crippen molar-refractivity contribution < 1.29 is 0 Å². The Bertz CT molecular complexity index is 496. The lowest BCUT2D eigenvalue weighted by Crippen LogP contribution is -2.49. The van der Waals surface area contributed by atoms with Gasteiger partial charge in [-0.25, -0.2) is 0 Å². The average molecular weight is 349 g/mol. The molecule has 0 amide bonds. The van der Waals surface area contributed by atoms with E-state index in [1.54, 1.807) is 0 Å². The highest BCUT2D eigenvalue weighted by Gasteiger charge is 2.29. The number of nitrogens with one attached hydrogen (secondary N) is 1. The van der Waals surface area contributed by atoms with E-state index in [0.29, 0.717) is 12.1 Å². The van der Waals surface area contributed by atoms with Crippen molar-refractivity contribution in [1.29, 1.82) is 0 Å². The first-order chi connectivity index (χ1) is 11.8. The lowest BCUT2D eigenvalue weighted by atomic mass is 9.80. The SMILES string of the molecule is CNC1CCCCN1CC(c1cccc(Cl)c1)C1CCCCCC1. The first-order valence-corrected chi connectivity index (χ1v) is 10.3. The number of hydrogen-bond acceptors (Lipinski definition) is 2. The summed E-state index contributed by atoms with van der Waals surface area (Å²) >= 11 is 6.33. The molecule has 1 N–H and O–H groups in total. The molecule has 0 radical (unpaired) electrons. The van der Waals surface area contributed by atoms with E-state index >= 15 is 0 Å². The van der Waals surface area contributed by atoms with Crippen LogP contribution in [0.1, 0.15) is 69.3 Å². The average Bonchev–Trinajstić information content (AvgIpc) is 2.89. The van der Waals surface area contributed by atoms with Crippen LogP contribution in [0.2, 0.25) is 5.02 Å². The molecule has 2 nitrogen and oxygen atoms in total. The smallest absolute Gasteiger partial charge is 0.0594 e. The molecule has 1 heterocycles. The lowest BCUT2D eigenvalue weighted by Gasteiger charge is -2.40. The summed E-state index contributed by atoms with van der Waals surface area (Å²) in [7, 11) is 2.11. The highest BCUT2D eigenvalue weighted by atomic mass is 35.5. The molecular formula is C21H33ClN2. The topological polar surface area (TPSA) is 15.3 Å². The van der Waals surface area contributed by atoms with Crippen LogP contribution in [-0.4, -0.2) is 31.2 Å². The van der Waals surface area contributed by atoms with Crippen LogP contribution in [0.3, 0.4) is 0 Å². The summed E-state index contributed by atoms with van der Waals surface area (Å²) in [6.45, 7) is 2.41. The zero-order valence-electron chi connectivity index (χ0n) is 15.1. The van der Waals surface area contributed by atoms with Gasteiger partial charge in [-0.1, -0.05) is 49.4 Å². The van der Waals surface area contributed by atoms with Gasteiger partial charge >= 0.3 is 0 Å². The number of benzene rings is 1. The van der Waals surface area contributed by atoms with Crippen LogP contribution in [0.25, 0.3) is 0 Å². The number of piperidine rings is 1. The number of likely N-dealkylation sites (tertiary alicyclic amines) is 1. The Morgan fingerprint density at radius 2 is 1.83 bits per heavy atom. The van der Waals surface area contributed by atoms with Crippen LogP contribution >= 0.6 is 11.6 Å². The molecule has 1 aromatic rings. The van der Waals surface area contributed by atoms with Crippen molar-refractivity contribution in [2.24, 2.45) is 5.92 Å². The van der Waals surface area contributed by atoms with E-state index in [4.69, 9.17) is 11.6 Å². The highest BCUT2D eigenvalue weighted by molar-refractivity contribution is 6.30. The van der Waals surface area contributed by atoms with Gasteiger partial charge in [-0.3, -0.25) is 4.90 Å². The molecule has 0 bridgehead atoms. The molecule has 1 aliphatic heterocycles. The monoisotopic (exact) mass is 348 g/mol. The molecule has 2 unspecified atom stereocenters. The van der Waals surface area contributed by atoms with E-state index < -0.39 is 0 Å². The Labute approximate surface area is 153 Å². The third kappa shape index (κ3) is 4.74. The second-order valence-corrected chi connectivity index (χ2v) is 8.14. The molecule has 24 heavy (non-hydrogen) atoms. The van der Waals surface area contributed by atoms with Crippen molar-refractivity contribution in [3.05, 3.63) is 34.9 Å². The molecule has 3 heteroatoms. The molecule has 1 aliphatic carbocycles. The first-order valence-electron chi connectivity index (χ1n) is 9.94. The molecular weight excluding hydrogens is 316 g/mol. The van der Waals surface area contributed by atoms with Gasteiger partial charge in [0.1, 0.15) is 0 Å². The van der Waals surface area contributed by atoms with Gasteiger partial charge < -0.3 is 5.32 Å². The molecule has 134 valence electrons. The maximum atomic E-state index is 6.33. The van der Waals surface area contributed by atoms with Crippen LogP contribution in [-0.2, 0) is 0 Å². The van der Waals surface area contributed by atoms with Crippen molar-refractivity contribution in [3.8, 4) is 0 Å². The van der Waals surface area contributed by atoms with Crippen molar-refractivity contribution in [3.63, 3.8) is 0 Å². The van der Waals surface area contributed by atoms with Gasteiger partial charge in [0.05, 0.1) is 6.17 Å². The third-order valence-electron chi connectivity index (χ3n) is 6.12. The summed E-state index contributed by atoms with van der Waals surface area (Å²) in [6.07, 6.45) is 12.9. The zero-order valence-corrected chi connectivity index (χ0v) is 15.9. The summed E-state index contributed by atoms with van der Waals surface area (Å²) in [5.74, 6) is 1.43. The third-order valence-corrected chi connectivity index (χ3v) is 6.36. The number of halogens is 1. The molecule has 1 aromatic carbocycles. The summed E-state index contributed by atoms with van der Waals surface area (Å²) in [4.78, 5) is 2.69. The second kappa shape index (κ2) is 9.22. The van der Waals surface area contributed by atoms with Gasteiger partial charge in [0.25, 0.3) is 0 Å². The molecule has 3 rings (SSSR count). The van der Waals surface area contributed by atoms with Gasteiger partial charge in [-0.15, -0.1) is 0 Å². The fraction of sp³-hybridized carbons (Fsp3) is 0.714. The molecule has 1 saturated heterocycles. The van der Waals surface area contributed by atoms with Gasteiger partial charge in [-0.2, -0.15) is 0 Å². The van der Waals surface area contributed by atoms with E-state index in [1.807, 2.05) is 6.07 Å². The molecule has 2 fully saturated rings. The van der Waals surface area contributed by atoms with Crippen LogP contribution in [0, 0.1) is 5.92 Å². The Morgan fingerprint density at radius 1 is 1.08 bits per heavy atom. The van der Waals surface area contributed by atoms with Crippen LogP contribution < -0.4 is 5.32 Å². The fourth-order valence-corrected chi connectivity index (χ4v) is 4.96. The molecule has 2 aliphatic rings. The second-order valence-electron chi connectivity index (χ2n) is 7.71. The minimum Gasteiger partial charge on any atom is -0.305 e. The fourth-order valence-electron chi connectivity index (χ4n) is 4.77. The normalized spacial score (nSPS) is 25.3. The summed E-state index contributed by atoms with van der Waals surface area (Å²) < 4.78 is 0. The van der Waals surface area contributed by atoms with Crippen LogP contribution in [0.4, 0.5) is 0 Å². The molecule has 0 aromatic heterocycles. The van der Waals surface area contributed by atoms with E-state index in [1.165, 1.54) is 76.4 Å². The quantitative estimate of drug-likeness (QED) is 0.714. The van der Waals surface area contributed by atoms with Gasteiger partial charge in [0, 0.05) is 11.6 Å². The molecule has 2 atom stereocenters. The zero-order chi connectivity index (χ0) is 16.8. The first kappa shape index (κ1) is 18.2. The van der Waals surface area contributed by atoms with Crippen LogP contribution in [0.5, 0.6) is 0 Å². The van der Waals surface area contributed by atoms with Gasteiger partial charge in [0.15, 0.2) is 0 Å². The summed E-state index contributed by atoms with van der Waals surface area (Å²) in [6, 6.07) is 8.66. The Balaban J connectivity index is 1.80. The standard InChI is InChI=1S/C21H33ClN2/c1-23-21-13-6-7-14-24(21)16-20(17-9-4-2-3-5-10-17)18-11-8-12-19(22)15-18/h8,11-12,15,17,20-21,23H,2-7,9-10,13-14,16H2,1H3. The summed E-state index contributed by atoms with van der Waals surface area (Å²) in [5, 5.41) is 4.42. The number of nitrogens with zero attached hydrogens (tertiary/aromatic N) is 1. The van der Waals surface area contributed by atoms with E-state index in [-0.39, 0.29) is 0 Å². The molecule has 0 spiro atoms.